The predicted octanol–water partition coefficient (Wildman–Crippen LogP) is 3.86. The summed E-state index contributed by atoms with van der Waals surface area (Å²) in [7, 11) is 1.20. The Kier molecular flexibility index (Phi) is 7.19. The van der Waals surface area contributed by atoms with Gasteiger partial charge in [-0.2, -0.15) is 0 Å². The molecule has 0 saturated heterocycles. The molecule has 0 atom stereocenters. The van der Waals surface area contributed by atoms with Gasteiger partial charge in [-0.15, -0.1) is 0 Å². The Morgan fingerprint density at radius 1 is 1.27 bits per heavy atom. The van der Waals surface area contributed by atoms with E-state index in [0.29, 0.717) is 4.47 Å². The number of imide groups is 1. The van der Waals surface area contributed by atoms with E-state index in [2.05, 4.69) is 26.0 Å². The first-order valence-corrected chi connectivity index (χ1v) is 8.33. The molecule has 1 rings (SSSR count). The van der Waals surface area contributed by atoms with Crippen LogP contribution in [0.5, 0.6) is 0 Å². The zero-order valence-corrected chi connectivity index (χ0v) is 16.7. The monoisotopic (exact) mass is 542 g/mol. The summed E-state index contributed by atoms with van der Waals surface area (Å²) in [4.78, 5) is 34.8. The minimum atomic E-state index is -2.28. The lowest BCUT2D eigenvalue weighted by atomic mass is 10.2. The largest absolute Gasteiger partial charge is 0.465 e. The Morgan fingerprint density at radius 3 is 2.36 bits per heavy atom. The lowest BCUT2D eigenvalue weighted by Gasteiger charge is -2.14. The van der Waals surface area contributed by atoms with Crippen molar-refractivity contribution in [1.82, 2.24) is 5.32 Å². The summed E-state index contributed by atoms with van der Waals surface area (Å²) < 4.78 is 3.70. The highest BCUT2D eigenvalue weighted by Gasteiger charge is 2.32. The van der Waals surface area contributed by atoms with Gasteiger partial charge in [0.2, 0.25) is 0 Å². The second kappa shape index (κ2) is 8.00. The molecule has 0 unspecified atom stereocenters. The van der Waals surface area contributed by atoms with E-state index in [1.165, 1.54) is 19.2 Å². The number of esters is 1. The summed E-state index contributed by atoms with van der Waals surface area (Å²) in [5.41, 5.74) is 0.223. The van der Waals surface area contributed by atoms with Crippen molar-refractivity contribution in [2.45, 2.75) is 3.79 Å². The number of halogens is 5. The molecule has 6 nitrogen and oxygen atoms in total. The van der Waals surface area contributed by atoms with Crippen molar-refractivity contribution < 1.29 is 19.1 Å². The molecular formula is C11H7BrCl3IN2O4. The number of anilines is 1. The van der Waals surface area contributed by atoms with E-state index in [4.69, 9.17) is 34.8 Å². The molecule has 0 spiro atoms. The van der Waals surface area contributed by atoms with Crippen LogP contribution in [0.15, 0.2) is 16.6 Å². The van der Waals surface area contributed by atoms with E-state index in [9.17, 15) is 14.4 Å². The van der Waals surface area contributed by atoms with Crippen LogP contribution in [0.25, 0.3) is 0 Å². The lowest BCUT2D eigenvalue weighted by molar-refractivity contribution is -0.119. The molecule has 0 fully saturated rings. The van der Waals surface area contributed by atoms with E-state index < -0.39 is 21.7 Å². The molecular weight excluding hydrogens is 537 g/mol. The topological polar surface area (TPSA) is 84.5 Å². The first kappa shape index (κ1) is 19.8. The van der Waals surface area contributed by atoms with Crippen LogP contribution in [-0.2, 0) is 9.53 Å². The van der Waals surface area contributed by atoms with Crippen LogP contribution < -0.4 is 10.6 Å². The van der Waals surface area contributed by atoms with E-state index in [-0.39, 0.29) is 11.3 Å². The fraction of sp³-hybridized carbons (Fsp3) is 0.182. The molecule has 1 aromatic rings. The van der Waals surface area contributed by atoms with E-state index in [1.807, 2.05) is 27.9 Å². The molecule has 0 aliphatic rings. The van der Waals surface area contributed by atoms with Crippen LogP contribution in [-0.4, -0.2) is 28.8 Å². The van der Waals surface area contributed by atoms with Gasteiger partial charge in [0.15, 0.2) is 0 Å². The zero-order chi connectivity index (χ0) is 17.1. The molecule has 22 heavy (non-hydrogen) atoms. The number of amides is 3. The molecule has 11 heteroatoms. The highest BCUT2D eigenvalue weighted by molar-refractivity contribution is 14.1. The third-order valence-electron chi connectivity index (χ3n) is 2.20. The normalized spacial score (nSPS) is 10.8. The van der Waals surface area contributed by atoms with Crippen LogP contribution in [0.1, 0.15) is 10.4 Å². The smallest absolute Gasteiger partial charge is 0.340 e. The van der Waals surface area contributed by atoms with Crippen LogP contribution >= 0.6 is 73.3 Å². The van der Waals surface area contributed by atoms with E-state index in [1.54, 1.807) is 0 Å². The van der Waals surface area contributed by atoms with Gasteiger partial charge in [-0.3, -0.25) is 10.1 Å². The fourth-order valence-corrected chi connectivity index (χ4v) is 2.21. The predicted molar refractivity (Wildman–Crippen MR) is 95.6 cm³/mol. The Labute approximate surface area is 162 Å². The Balaban J connectivity index is 3.02. The van der Waals surface area contributed by atoms with E-state index >= 15 is 0 Å². The number of benzene rings is 1. The van der Waals surface area contributed by atoms with Gasteiger partial charge in [-0.05, 0) is 50.7 Å². The third kappa shape index (κ3) is 5.41. The summed E-state index contributed by atoms with van der Waals surface area (Å²) in [6.45, 7) is 0. The standard InChI is InChI=1S/C11H7BrCl3IN2O4/c1-22-8(19)4-2-6(16)5(12)3-7(4)17-10(21)18-9(20)11(13,14)15/h2-3H,1H3,(H2,17,18,20,21). The summed E-state index contributed by atoms with van der Waals surface area (Å²) in [5, 5.41) is 4.15. The van der Waals surface area contributed by atoms with Crippen molar-refractivity contribution in [3.8, 4) is 0 Å². The highest BCUT2D eigenvalue weighted by atomic mass is 127. The number of alkyl halides is 3. The van der Waals surface area contributed by atoms with Crippen molar-refractivity contribution in [2.24, 2.45) is 0 Å². The number of carbonyl (C=O) groups excluding carboxylic acids is 3. The maximum Gasteiger partial charge on any atom is 0.340 e. The van der Waals surface area contributed by atoms with Crippen LogP contribution in [0, 0.1) is 3.57 Å². The number of hydrogen-bond donors (Lipinski definition) is 2. The maximum atomic E-state index is 11.7. The lowest BCUT2D eigenvalue weighted by Crippen LogP contribution is -2.41. The van der Waals surface area contributed by atoms with Gasteiger partial charge in [-0.1, -0.05) is 34.8 Å². The molecule has 0 bridgehead atoms. The third-order valence-corrected chi connectivity index (χ3v) is 5.00. The summed E-state index contributed by atoms with van der Waals surface area (Å²) in [6, 6.07) is 2.02. The van der Waals surface area contributed by atoms with Gasteiger partial charge < -0.3 is 10.1 Å². The average molecular weight is 544 g/mol. The minimum Gasteiger partial charge on any atom is -0.465 e. The molecule has 1 aromatic carbocycles. The van der Waals surface area contributed by atoms with Gasteiger partial charge in [-0.25, -0.2) is 9.59 Å². The molecule has 120 valence electrons. The quantitative estimate of drug-likeness (QED) is 0.337. The molecule has 0 heterocycles. The Hall–Kier alpha value is -0.290. The molecule has 0 aliphatic carbocycles. The minimum absolute atomic E-state index is 0.103. The zero-order valence-electron chi connectivity index (χ0n) is 10.7. The van der Waals surface area contributed by atoms with Gasteiger partial charge in [0, 0.05) is 8.04 Å². The Bertz CT molecular complexity index is 636. The SMILES string of the molecule is COC(=O)c1cc(I)c(Br)cc1NC(=O)NC(=O)C(Cl)(Cl)Cl. The fourth-order valence-electron chi connectivity index (χ4n) is 1.26. The second-order valence-electron chi connectivity index (χ2n) is 3.71. The van der Waals surface area contributed by atoms with Crippen molar-refractivity contribution in [3.63, 3.8) is 0 Å². The molecule has 3 amide bonds. The first-order valence-electron chi connectivity index (χ1n) is 5.32. The summed E-state index contributed by atoms with van der Waals surface area (Å²) in [6.07, 6.45) is 0. The molecule has 0 radical (unpaired) electrons. The number of carbonyl (C=O) groups is 3. The van der Waals surface area contributed by atoms with Gasteiger partial charge in [0.25, 0.3) is 9.70 Å². The summed E-state index contributed by atoms with van der Waals surface area (Å²) >= 11 is 21.3. The summed E-state index contributed by atoms with van der Waals surface area (Å²) in [5.74, 6) is -1.78. The molecule has 0 aromatic heterocycles. The van der Waals surface area contributed by atoms with Gasteiger partial charge in [0.05, 0.1) is 18.4 Å². The van der Waals surface area contributed by atoms with Crippen LogP contribution in [0.4, 0.5) is 10.5 Å². The van der Waals surface area contributed by atoms with Crippen molar-refractivity contribution in [3.05, 3.63) is 25.7 Å². The second-order valence-corrected chi connectivity index (χ2v) is 8.01. The molecule has 0 aliphatic heterocycles. The average Bonchev–Trinajstić information content (AvgIpc) is 2.40. The van der Waals surface area contributed by atoms with Crippen molar-refractivity contribution >= 4 is 96.9 Å². The van der Waals surface area contributed by atoms with Gasteiger partial charge >= 0.3 is 12.0 Å². The molecule has 0 saturated carbocycles. The van der Waals surface area contributed by atoms with Gasteiger partial charge in [0.1, 0.15) is 0 Å². The maximum absolute atomic E-state index is 11.7. The van der Waals surface area contributed by atoms with E-state index in [0.717, 1.165) is 3.57 Å². The number of methoxy groups -OCH3 is 1. The number of hydrogen-bond acceptors (Lipinski definition) is 4. The van der Waals surface area contributed by atoms with Crippen molar-refractivity contribution in [2.75, 3.05) is 12.4 Å². The van der Waals surface area contributed by atoms with Crippen LogP contribution in [0.3, 0.4) is 0 Å². The molecule has 2 N–H and O–H groups in total. The number of nitrogens with one attached hydrogen (secondary N) is 2. The first-order chi connectivity index (χ1) is 10.1. The van der Waals surface area contributed by atoms with Crippen LogP contribution in [0.2, 0.25) is 0 Å². The number of urea groups is 1. The highest BCUT2D eigenvalue weighted by Crippen LogP contribution is 2.28. The Morgan fingerprint density at radius 2 is 1.86 bits per heavy atom. The number of ether oxygens (including phenoxy) is 1. The number of rotatable bonds is 2. The van der Waals surface area contributed by atoms with Crippen molar-refractivity contribution in [1.29, 1.82) is 0 Å².